The van der Waals surface area contributed by atoms with E-state index in [0.717, 1.165) is 29.7 Å². The fraction of sp³-hybridized carbons (Fsp3) is 0.562. The molecule has 0 atom stereocenters. The Morgan fingerprint density at radius 1 is 1.17 bits per heavy atom. The van der Waals surface area contributed by atoms with Crippen LogP contribution in [0.5, 0.6) is 5.75 Å². The number of rotatable bonds is 3. The van der Waals surface area contributed by atoms with E-state index in [1.54, 1.807) is 7.11 Å². The summed E-state index contributed by atoms with van der Waals surface area (Å²) >= 11 is 0. The zero-order valence-corrected chi connectivity index (χ0v) is 11.4. The van der Waals surface area contributed by atoms with Crippen LogP contribution in [0.3, 0.4) is 0 Å². The van der Waals surface area contributed by atoms with Crippen molar-refractivity contribution >= 4 is 5.78 Å². The molecule has 0 radical (unpaired) electrons. The smallest absolute Gasteiger partial charge is 0.165 e. The standard InChI is InChI=1S/C16H22O2/c1-12-11-14(9-10-15(12)18-2)16(17)13-7-5-3-4-6-8-13/h9-11,13H,3-8H2,1-2H3. The van der Waals surface area contributed by atoms with Gasteiger partial charge in [-0.25, -0.2) is 0 Å². The van der Waals surface area contributed by atoms with Crippen LogP contribution in [-0.4, -0.2) is 12.9 Å². The first-order valence-corrected chi connectivity index (χ1v) is 6.91. The minimum absolute atomic E-state index is 0.236. The molecule has 0 amide bonds. The molecule has 98 valence electrons. The highest BCUT2D eigenvalue weighted by molar-refractivity contribution is 5.98. The predicted octanol–water partition coefficient (Wildman–Crippen LogP) is 4.16. The van der Waals surface area contributed by atoms with Crippen molar-refractivity contribution in [1.82, 2.24) is 0 Å². The van der Waals surface area contributed by atoms with Gasteiger partial charge in [0.1, 0.15) is 5.75 Å². The molecule has 0 spiro atoms. The second-order valence-electron chi connectivity index (χ2n) is 5.24. The van der Waals surface area contributed by atoms with Crippen molar-refractivity contribution in [1.29, 1.82) is 0 Å². The van der Waals surface area contributed by atoms with Crippen LogP contribution in [0.1, 0.15) is 54.4 Å². The van der Waals surface area contributed by atoms with E-state index in [4.69, 9.17) is 4.74 Å². The third-order valence-electron chi connectivity index (χ3n) is 3.91. The average Bonchev–Trinajstić information content (AvgIpc) is 2.66. The number of carbonyl (C=O) groups is 1. The van der Waals surface area contributed by atoms with Crippen LogP contribution in [0.25, 0.3) is 0 Å². The molecule has 1 fully saturated rings. The molecule has 1 aliphatic rings. The molecule has 2 rings (SSSR count). The lowest BCUT2D eigenvalue weighted by Gasteiger charge is -2.14. The molecule has 18 heavy (non-hydrogen) atoms. The largest absolute Gasteiger partial charge is 0.496 e. The first-order valence-electron chi connectivity index (χ1n) is 6.91. The maximum atomic E-state index is 12.5. The number of hydrogen-bond acceptors (Lipinski definition) is 2. The second kappa shape index (κ2) is 6.03. The van der Waals surface area contributed by atoms with Crippen molar-refractivity contribution in [3.05, 3.63) is 29.3 Å². The van der Waals surface area contributed by atoms with Gasteiger partial charge in [0, 0.05) is 11.5 Å². The van der Waals surface area contributed by atoms with Crippen molar-refractivity contribution in [2.45, 2.75) is 45.4 Å². The van der Waals surface area contributed by atoms with E-state index in [9.17, 15) is 4.79 Å². The summed E-state index contributed by atoms with van der Waals surface area (Å²) < 4.78 is 5.23. The molecule has 0 aromatic heterocycles. The van der Waals surface area contributed by atoms with Crippen LogP contribution in [0.15, 0.2) is 18.2 Å². The quantitative estimate of drug-likeness (QED) is 0.591. The zero-order valence-electron chi connectivity index (χ0n) is 11.4. The molecular weight excluding hydrogens is 224 g/mol. The Bertz CT molecular complexity index is 415. The molecule has 0 heterocycles. The number of Topliss-reactive ketones (excluding diaryl/α,β-unsaturated/α-hetero) is 1. The Morgan fingerprint density at radius 2 is 1.83 bits per heavy atom. The fourth-order valence-corrected chi connectivity index (χ4v) is 2.81. The van der Waals surface area contributed by atoms with Crippen LogP contribution in [-0.2, 0) is 0 Å². The second-order valence-corrected chi connectivity index (χ2v) is 5.24. The van der Waals surface area contributed by atoms with Gasteiger partial charge in [-0.05, 0) is 43.5 Å². The zero-order chi connectivity index (χ0) is 13.0. The SMILES string of the molecule is COc1ccc(C(=O)C2CCCCCC2)cc1C. The van der Waals surface area contributed by atoms with Gasteiger partial charge in [0.25, 0.3) is 0 Å². The Morgan fingerprint density at radius 3 is 2.39 bits per heavy atom. The van der Waals surface area contributed by atoms with E-state index >= 15 is 0 Å². The number of aryl methyl sites for hydroxylation is 1. The number of hydrogen-bond donors (Lipinski definition) is 0. The third kappa shape index (κ3) is 2.92. The summed E-state index contributed by atoms with van der Waals surface area (Å²) in [5.41, 5.74) is 1.89. The van der Waals surface area contributed by atoms with Gasteiger partial charge in [0.2, 0.25) is 0 Å². The van der Waals surface area contributed by atoms with Crippen LogP contribution >= 0.6 is 0 Å². The highest BCUT2D eigenvalue weighted by Crippen LogP contribution is 2.27. The van der Waals surface area contributed by atoms with Crippen LogP contribution in [0.4, 0.5) is 0 Å². The maximum absolute atomic E-state index is 12.5. The van der Waals surface area contributed by atoms with Crippen LogP contribution in [0, 0.1) is 12.8 Å². The van der Waals surface area contributed by atoms with Gasteiger partial charge in [-0.1, -0.05) is 25.7 Å². The molecular formula is C16H22O2. The van der Waals surface area contributed by atoms with Crippen molar-refractivity contribution < 1.29 is 9.53 Å². The summed E-state index contributed by atoms with van der Waals surface area (Å²) in [5.74, 6) is 1.41. The molecule has 0 saturated heterocycles. The van der Waals surface area contributed by atoms with Crippen molar-refractivity contribution in [2.75, 3.05) is 7.11 Å². The van der Waals surface area contributed by atoms with E-state index in [1.807, 2.05) is 25.1 Å². The molecule has 2 nitrogen and oxygen atoms in total. The normalized spacial score (nSPS) is 17.2. The van der Waals surface area contributed by atoms with Crippen molar-refractivity contribution in [3.8, 4) is 5.75 Å². The van der Waals surface area contributed by atoms with Crippen LogP contribution in [0.2, 0.25) is 0 Å². The summed E-state index contributed by atoms with van der Waals surface area (Å²) in [4.78, 5) is 12.5. The fourth-order valence-electron chi connectivity index (χ4n) is 2.81. The Balaban J connectivity index is 2.14. The number of carbonyl (C=O) groups excluding carboxylic acids is 1. The van der Waals surface area contributed by atoms with Gasteiger partial charge in [-0.15, -0.1) is 0 Å². The molecule has 0 unspecified atom stereocenters. The van der Waals surface area contributed by atoms with Gasteiger partial charge in [0.15, 0.2) is 5.78 Å². The highest BCUT2D eigenvalue weighted by atomic mass is 16.5. The van der Waals surface area contributed by atoms with Gasteiger partial charge < -0.3 is 4.74 Å². The van der Waals surface area contributed by atoms with Crippen LogP contribution < -0.4 is 4.74 Å². The monoisotopic (exact) mass is 246 g/mol. The van der Waals surface area contributed by atoms with E-state index in [1.165, 1.54) is 25.7 Å². The topological polar surface area (TPSA) is 26.3 Å². The number of benzene rings is 1. The molecule has 1 aromatic carbocycles. The van der Waals surface area contributed by atoms with E-state index < -0.39 is 0 Å². The van der Waals surface area contributed by atoms with Crippen molar-refractivity contribution in [2.24, 2.45) is 5.92 Å². The number of ether oxygens (including phenoxy) is 1. The van der Waals surface area contributed by atoms with Gasteiger partial charge in [-0.2, -0.15) is 0 Å². The predicted molar refractivity (Wildman–Crippen MR) is 73.3 cm³/mol. The van der Waals surface area contributed by atoms with Gasteiger partial charge >= 0.3 is 0 Å². The summed E-state index contributed by atoms with van der Waals surface area (Å²) in [6.45, 7) is 1.99. The van der Waals surface area contributed by atoms with Gasteiger partial charge in [0.05, 0.1) is 7.11 Å². The number of methoxy groups -OCH3 is 1. The summed E-state index contributed by atoms with van der Waals surface area (Å²) in [6, 6.07) is 5.77. The molecule has 2 heteroatoms. The number of ketones is 1. The highest BCUT2D eigenvalue weighted by Gasteiger charge is 2.21. The average molecular weight is 246 g/mol. The molecule has 1 saturated carbocycles. The lowest BCUT2D eigenvalue weighted by Crippen LogP contribution is -2.14. The Labute approximate surface area is 109 Å². The first-order chi connectivity index (χ1) is 8.72. The van der Waals surface area contributed by atoms with E-state index in [0.29, 0.717) is 5.78 Å². The summed E-state index contributed by atoms with van der Waals surface area (Å²) in [5, 5.41) is 0. The summed E-state index contributed by atoms with van der Waals surface area (Å²) in [7, 11) is 1.66. The molecule has 1 aliphatic carbocycles. The lowest BCUT2D eigenvalue weighted by molar-refractivity contribution is 0.0908. The molecule has 0 N–H and O–H groups in total. The van der Waals surface area contributed by atoms with Crippen molar-refractivity contribution in [3.63, 3.8) is 0 Å². The van der Waals surface area contributed by atoms with E-state index in [-0.39, 0.29) is 5.92 Å². The minimum Gasteiger partial charge on any atom is -0.496 e. The van der Waals surface area contributed by atoms with Gasteiger partial charge in [-0.3, -0.25) is 4.79 Å². The molecule has 1 aromatic rings. The first kappa shape index (κ1) is 13.1. The maximum Gasteiger partial charge on any atom is 0.165 e. The Kier molecular flexibility index (Phi) is 4.40. The van der Waals surface area contributed by atoms with E-state index in [2.05, 4.69) is 0 Å². The third-order valence-corrected chi connectivity index (χ3v) is 3.91. The lowest BCUT2D eigenvalue weighted by atomic mass is 9.90. The summed E-state index contributed by atoms with van der Waals surface area (Å²) in [6.07, 6.45) is 7.09. The molecule has 0 aliphatic heterocycles. The Hall–Kier alpha value is -1.31. The molecule has 0 bridgehead atoms. The minimum atomic E-state index is 0.236.